The van der Waals surface area contributed by atoms with E-state index in [-0.39, 0.29) is 5.97 Å². The van der Waals surface area contributed by atoms with Crippen molar-refractivity contribution in [1.82, 2.24) is 4.90 Å². The highest BCUT2D eigenvalue weighted by molar-refractivity contribution is 5.93. The first-order chi connectivity index (χ1) is 10.3. The second kappa shape index (κ2) is 6.65. The number of carbonyl (C=O) groups excluding carboxylic acids is 1. The van der Waals surface area contributed by atoms with Crippen LogP contribution in [0.15, 0.2) is 22.9 Å². The molecule has 3 rings (SSSR count). The largest absolute Gasteiger partial charge is 0.462 e. The van der Waals surface area contributed by atoms with Crippen molar-refractivity contribution in [2.75, 3.05) is 32.9 Å². The van der Waals surface area contributed by atoms with E-state index < -0.39 is 0 Å². The highest BCUT2D eigenvalue weighted by Crippen LogP contribution is 2.42. The number of carbonyl (C=O) groups is 1. The molecule has 0 radical (unpaired) electrons. The fraction of sp³-hybridized carbons (Fsp3) is 0.706. The van der Waals surface area contributed by atoms with E-state index in [1.807, 2.05) is 6.92 Å². The van der Waals surface area contributed by atoms with Crippen LogP contribution in [0, 0.1) is 5.92 Å². The molecule has 1 atom stereocenters. The summed E-state index contributed by atoms with van der Waals surface area (Å²) >= 11 is 0. The average molecular weight is 291 g/mol. The third-order valence-electron chi connectivity index (χ3n) is 4.74. The summed E-state index contributed by atoms with van der Waals surface area (Å²) in [6.45, 7) is 5.56. The lowest BCUT2D eigenvalue weighted by atomic mass is 9.96. The highest BCUT2D eigenvalue weighted by Gasteiger charge is 2.33. The maximum absolute atomic E-state index is 12.4. The van der Waals surface area contributed by atoms with Gasteiger partial charge in [-0.3, -0.25) is 0 Å². The Morgan fingerprint density at radius 2 is 2.19 bits per heavy atom. The number of esters is 1. The van der Waals surface area contributed by atoms with Crippen molar-refractivity contribution in [2.24, 2.45) is 5.92 Å². The van der Waals surface area contributed by atoms with Crippen molar-refractivity contribution in [1.29, 1.82) is 0 Å². The molecule has 0 N–H and O–H groups in total. The summed E-state index contributed by atoms with van der Waals surface area (Å²) < 4.78 is 10.8. The van der Waals surface area contributed by atoms with Crippen molar-refractivity contribution in [2.45, 2.75) is 39.0 Å². The molecule has 0 bridgehead atoms. The minimum Gasteiger partial charge on any atom is -0.462 e. The van der Waals surface area contributed by atoms with Crippen molar-refractivity contribution in [3.63, 3.8) is 0 Å². The van der Waals surface area contributed by atoms with Crippen LogP contribution in [0.1, 0.15) is 39.0 Å². The molecule has 0 aromatic heterocycles. The molecule has 0 amide bonds. The molecule has 116 valence electrons. The molecule has 1 aliphatic heterocycles. The molecule has 4 heteroatoms. The summed E-state index contributed by atoms with van der Waals surface area (Å²) in [4.78, 5) is 14.8. The third kappa shape index (κ3) is 3.00. The molecular weight excluding hydrogens is 266 g/mol. The van der Waals surface area contributed by atoms with E-state index in [1.165, 1.54) is 30.5 Å². The van der Waals surface area contributed by atoms with Crippen LogP contribution in [0.25, 0.3) is 0 Å². The summed E-state index contributed by atoms with van der Waals surface area (Å²) in [5.74, 6) is 0.505. The van der Waals surface area contributed by atoms with Gasteiger partial charge in [-0.2, -0.15) is 0 Å². The van der Waals surface area contributed by atoms with Gasteiger partial charge in [0, 0.05) is 13.1 Å². The first-order valence-corrected chi connectivity index (χ1v) is 8.24. The van der Waals surface area contributed by atoms with E-state index in [2.05, 4.69) is 11.0 Å². The zero-order chi connectivity index (χ0) is 14.7. The molecule has 1 unspecified atom stereocenters. The van der Waals surface area contributed by atoms with Crippen LogP contribution < -0.4 is 0 Å². The van der Waals surface area contributed by atoms with Gasteiger partial charge in [0.1, 0.15) is 0 Å². The summed E-state index contributed by atoms with van der Waals surface area (Å²) in [6.07, 6.45) is 7.92. The van der Waals surface area contributed by atoms with Crippen molar-refractivity contribution in [3.8, 4) is 0 Å². The topological polar surface area (TPSA) is 38.8 Å². The molecule has 4 nitrogen and oxygen atoms in total. The molecule has 2 fully saturated rings. The van der Waals surface area contributed by atoms with E-state index in [0.717, 1.165) is 44.7 Å². The Labute approximate surface area is 126 Å². The summed E-state index contributed by atoms with van der Waals surface area (Å²) in [5, 5.41) is 0. The van der Waals surface area contributed by atoms with Gasteiger partial charge in [-0.25, -0.2) is 4.79 Å². The lowest BCUT2D eigenvalue weighted by Crippen LogP contribution is -2.38. The zero-order valence-electron chi connectivity index (χ0n) is 12.9. The van der Waals surface area contributed by atoms with E-state index >= 15 is 0 Å². The van der Waals surface area contributed by atoms with Gasteiger partial charge in [0.05, 0.1) is 31.1 Å². The van der Waals surface area contributed by atoms with Gasteiger partial charge in [-0.15, -0.1) is 0 Å². The van der Waals surface area contributed by atoms with Crippen LogP contribution in [-0.2, 0) is 14.3 Å². The minimum absolute atomic E-state index is 0.154. The number of ether oxygens (including phenoxy) is 2. The summed E-state index contributed by atoms with van der Waals surface area (Å²) in [5.41, 5.74) is 3.48. The fourth-order valence-corrected chi connectivity index (χ4v) is 3.80. The van der Waals surface area contributed by atoms with Gasteiger partial charge in [0.2, 0.25) is 0 Å². The van der Waals surface area contributed by atoms with Gasteiger partial charge in [0.25, 0.3) is 0 Å². The first-order valence-electron chi connectivity index (χ1n) is 8.24. The maximum Gasteiger partial charge on any atom is 0.339 e. The fourth-order valence-electron chi connectivity index (χ4n) is 3.80. The number of hydrogen-bond donors (Lipinski definition) is 0. The highest BCUT2D eigenvalue weighted by atomic mass is 16.5. The Hall–Kier alpha value is -1.29. The normalized spacial score (nSPS) is 26.2. The Morgan fingerprint density at radius 1 is 1.38 bits per heavy atom. The van der Waals surface area contributed by atoms with Crippen molar-refractivity contribution >= 4 is 5.97 Å². The number of rotatable bonds is 3. The molecule has 1 saturated heterocycles. The average Bonchev–Trinajstić information content (AvgIpc) is 2.88. The predicted molar refractivity (Wildman–Crippen MR) is 80.7 cm³/mol. The number of nitrogens with zero attached hydrogens (tertiary/aromatic N) is 1. The second-order valence-corrected chi connectivity index (χ2v) is 5.98. The molecule has 2 aliphatic carbocycles. The Kier molecular flexibility index (Phi) is 4.63. The lowest BCUT2D eigenvalue weighted by Gasteiger charge is -2.33. The van der Waals surface area contributed by atoms with Gasteiger partial charge in [-0.1, -0.05) is 6.08 Å². The number of fused-ring (bicyclic) bond motifs is 1. The Morgan fingerprint density at radius 3 is 2.95 bits per heavy atom. The van der Waals surface area contributed by atoms with E-state index in [4.69, 9.17) is 9.47 Å². The van der Waals surface area contributed by atoms with Gasteiger partial charge in [-0.05, 0) is 50.5 Å². The first kappa shape index (κ1) is 14.6. The standard InChI is InChI=1S/C17H25NO3/c1-2-21-17(19)15-8-4-6-13-5-3-7-14(13)16(15)18-9-11-20-12-10-18/h8,13H,2-7,9-12H2,1H3. The molecular formula is C17H25NO3. The monoisotopic (exact) mass is 291 g/mol. The zero-order valence-corrected chi connectivity index (χ0v) is 12.9. The molecule has 1 heterocycles. The number of hydrogen-bond acceptors (Lipinski definition) is 4. The van der Waals surface area contributed by atoms with E-state index in [1.54, 1.807) is 0 Å². The third-order valence-corrected chi connectivity index (χ3v) is 4.74. The Balaban J connectivity index is 1.97. The van der Waals surface area contributed by atoms with Crippen LogP contribution in [0.3, 0.4) is 0 Å². The molecule has 0 spiro atoms. The van der Waals surface area contributed by atoms with Gasteiger partial charge < -0.3 is 14.4 Å². The summed E-state index contributed by atoms with van der Waals surface area (Å²) in [7, 11) is 0. The van der Waals surface area contributed by atoms with Crippen molar-refractivity contribution in [3.05, 3.63) is 22.9 Å². The number of morpholine rings is 1. The predicted octanol–water partition coefficient (Wildman–Crippen LogP) is 2.66. The molecule has 0 aromatic rings. The van der Waals surface area contributed by atoms with E-state index in [0.29, 0.717) is 12.5 Å². The smallest absolute Gasteiger partial charge is 0.339 e. The summed E-state index contributed by atoms with van der Waals surface area (Å²) in [6, 6.07) is 0. The molecule has 21 heavy (non-hydrogen) atoms. The van der Waals surface area contributed by atoms with Gasteiger partial charge >= 0.3 is 5.97 Å². The van der Waals surface area contributed by atoms with Crippen LogP contribution in [-0.4, -0.2) is 43.8 Å². The maximum atomic E-state index is 12.4. The molecule has 1 saturated carbocycles. The number of allylic oxidation sites excluding steroid dienone is 2. The van der Waals surface area contributed by atoms with Gasteiger partial charge in [0.15, 0.2) is 0 Å². The molecule has 0 aromatic carbocycles. The van der Waals surface area contributed by atoms with Crippen LogP contribution in [0.2, 0.25) is 0 Å². The lowest BCUT2D eigenvalue weighted by molar-refractivity contribution is -0.138. The van der Waals surface area contributed by atoms with Crippen molar-refractivity contribution < 1.29 is 14.3 Å². The quantitative estimate of drug-likeness (QED) is 0.749. The SMILES string of the molecule is CCOC(=O)C1=CCCC2CCCC2=C1N1CCOCC1. The minimum atomic E-state index is -0.154. The van der Waals surface area contributed by atoms with Crippen LogP contribution >= 0.6 is 0 Å². The van der Waals surface area contributed by atoms with Crippen LogP contribution in [0.4, 0.5) is 0 Å². The van der Waals surface area contributed by atoms with Crippen LogP contribution in [0.5, 0.6) is 0 Å². The van der Waals surface area contributed by atoms with E-state index in [9.17, 15) is 4.79 Å². The Bertz CT molecular complexity index is 461. The second-order valence-electron chi connectivity index (χ2n) is 5.98. The molecule has 3 aliphatic rings.